The van der Waals surface area contributed by atoms with Crippen LogP contribution in [0.5, 0.6) is 0 Å². The number of nitrogens with zero attached hydrogens (tertiary/aromatic N) is 3. The maximum atomic E-state index is 11.7. The van der Waals surface area contributed by atoms with Crippen LogP contribution in [0.1, 0.15) is 38.5 Å². The lowest BCUT2D eigenvalue weighted by atomic mass is 9.82. The highest BCUT2D eigenvalue weighted by Crippen LogP contribution is 2.25. The Balaban J connectivity index is 0.00000180. The Kier molecular flexibility index (Phi) is 6.24. The van der Waals surface area contributed by atoms with Crippen LogP contribution in [-0.4, -0.2) is 33.0 Å². The number of aryl methyl sites for hydroxylation is 1. The zero-order chi connectivity index (χ0) is 12.8. The molecule has 0 aliphatic heterocycles. The molecule has 7 heteroatoms. The molecular weight excluding hydrogens is 266 g/mol. The minimum absolute atomic E-state index is 0. The van der Waals surface area contributed by atoms with Gasteiger partial charge < -0.3 is 11.1 Å². The third-order valence-electron chi connectivity index (χ3n) is 3.53. The molecule has 108 valence electrons. The first kappa shape index (κ1) is 15.9. The topological polar surface area (TPSA) is 85.8 Å². The summed E-state index contributed by atoms with van der Waals surface area (Å²) in [6.45, 7) is 1.15. The van der Waals surface area contributed by atoms with Crippen molar-refractivity contribution >= 4 is 18.3 Å². The Morgan fingerprint density at radius 3 is 2.74 bits per heavy atom. The molecule has 0 spiro atoms. The summed E-state index contributed by atoms with van der Waals surface area (Å²) in [5.41, 5.74) is 6.06. The van der Waals surface area contributed by atoms with E-state index in [4.69, 9.17) is 5.73 Å². The Labute approximate surface area is 119 Å². The first-order chi connectivity index (χ1) is 8.68. The van der Waals surface area contributed by atoms with Crippen molar-refractivity contribution in [1.29, 1.82) is 0 Å². The molecule has 1 aromatic rings. The molecule has 3 N–H and O–H groups in total. The number of aromatic nitrogens is 3. The average Bonchev–Trinajstić information content (AvgIpc) is 2.88. The highest BCUT2D eigenvalue weighted by atomic mass is 35.5. The van der Waals surface area contributed by atoms with E-state index >= 15 is 0 Å². The summed E-state index contributed by atoms with van der Waals surface area (Å²) in [5, 5.41) is 10.4. The molecule has 0 bridgehead atoms. The minimum atomic E-state index is -0.193. The summed E-state index contributed by atoms with van der Waals surface area (Å²) >= 11 is 0. The van der Waals surface area contributed by atoms with Crippen LogP contribution < -0.4 is 11.1 Å². The number of carbonyl (C=O) groups is 1. The van der Waals surface area contributed by atoms with Crippen molar-refractivity contribution in [3.63, 3.8) is 0 Å². The first-order valence-corrected chi connectivity index (χ1v) is 6.58. The maximum Gasteiger partial charge on any atom is 0.221 e. The van der Waals surface area contributed by atoms with Gasteiger partial charge in [0.15, 0.2) is 0 Å². The SMILES string of the molecule is Cl.NC1(CNC(=O)CCn2ccnn2)CCCCC1. The van der Waals surface area contributed by atoms with Crippen molar-refractivity contribution in [2.45, 2.75) is 50.6 Å². The monoisotopic (exact) mass is 287 g/mol. The van der Waals surface area contributed by atoms with Gasteiger partial charge in [-0.25, -0.2) is 0 Å². The number of nitrogens with two attached hydrogens (primary N) is 1. The van der Waals surface area contributed by atoms with Gasteiger partial charge in [-0.1, -0.05) is 24.5 Å². The average molecular weight is 288 g/mol. The van der Waals surface area contributed by atoms with Crippen LogP contribution in [0.4, 0.5) is 0 Å². The van der Waals surface area contributed by atoms with Crippen LogP contribution in [0, 0.1) is 0 Å². The number of rotatable bonds is 5. The van der Waals surface area contributed by atoms with Crippen LogP contribution in [-0.2, 0) is 11.3 Å². The second-order valence-electron chi connectivity index (χ2n) is 5.12. The number of carbonyl (C=O) groups excluding carboxylic acids is 1. The van der Waals surface area contributed by atoms with E-state index in [2.05, 4.69) is 15.6 Å². The Morgan fingerprint density at radius 1 is 1.37 bits per heavy atom. The van der Waals surface area contributed by atoms with Gasteiger partial charge in [0.25, 0.3) is 0 Å². The number of nitrogens with one attached hydrogen (secondary N) is 1. The molecule has 1 saturated carbocycles. The van der Waals surface area contributed by atoms with Gasteiger partial charge in [-0.2, -0.15) is 0 Å². The summed E-state index contributed by atoms with van der Waals surface area (Å²) in [6.07, 6.45) is 9.40. The van der Waals surface area contributed by atoms with Crippen molar-refractivity contribution in [1.82, 2.24) is 20.3 Å². The van der Waals surface area contributed by atoms with E-state index in [0.717, 1.165) is 12.8 Å². The van der Waals surface area contributed by atoms with Gasteiger partial charge in [0.05, 0.1) is 12.7 Å². The van der Waals surface area contributed by atoms with Gasteiger partial charge in [-0.05, 0) is 12.8 Å². The summed E-state index contributed by atoms with van der Waals surface area (Å²) in [4.78, 5) is 11.7. The molecule has 19 heavy (non-hydrogen) atoms. The maximum absolute atomic E-state index is 11.7. The Bertz CT molecular complexity index is 375. The molecule has 1 aliphatic carbocycles. The number of halogens is 1. The number of amides is 1. The van der Waals surface area contributed by atoms with Gasteiger partial charge in [0.2, 0.25) is 5.91 Å². The fraction of sp³-hybridized carbons (Fsp3) is 0.750. The summed E-state index contributed by atoms with van der Waals surface area (Å²) in [5.74, 6) is 0.0286. The lowest BCUT2D eigenvalue weighted by Crippen LogP contribution is -2.51. The number of hydrogen-bond acceptors (Lipinski definition) is 4. The van der Waals surface area contributed by atoms with Crippen LogP contribution in [0.3, 0.4) is 0 Å². The van der Waals surface area contributed by atoms with Crippen molar-refractivity contribution in [2.24, 2.45) is 5.73 Å². The Hall–Kier alpha value is -1.14. The molecule has 0 unspecified atom stereocenters. The van der Waals surface area contributed by atoms with Crippen LogP contribution in [0.25, 0.3) is 0 Å². The van der Waals surface area contributed by atoms with Crippen LogP contribution in [0.15, 0.2) is 12.4 Å². The van der Waals surface area contributed by atoms with Crippen LogP contribution in [0.2, 0.25) is 0 Å². The number of hydrogen-bond donors (Lipinski definition) is 2. The van der Waals surface area contributed by atoms with E-state index in [9.17, 15) is 4.79 Å². The smallest absolute Gasteiger partial charge is 0.221 e. The van der Waals surface area contributed by atoms with Gasteiger partial charge in [-0.3, -0.25) is 9.48 Å². The molecular formula is C12H22ClN5O. The van der Waals surface area contributed by atoms with Gasteiger partial charge in [-0.15, -0.1) is 17.5 Å². The van der Waals surface area contributed by atoms with Crippen molar-refractivity contribution < 1.29 is 4.79 Å². The quantitative estimate of drug-likeness (QED) is 0.841. The zero-order valence-corrected chi connectivity index (χ0v) is 11.9. The summed E-state index contributed by atoms with van der Waals surface area (Å²) in [6, 6.07) is 0. The van der Waals surface area contributed by atoms with Gasteiger partial charge in [0.1, 0.15) is 0 Å². The van der Waals surface area contributed by atoms with E-state index in [1.54, 1.807) is 17.1 Å². The third kappa shape index (κ3) is 5.16. The molecule has 1 fully saturated rings. The molecule has 0 radical (unpaired) electrons. The van der Waals surface area contributed by atoms with Crippen molar-refractivity contribution in [3.05, 3.63) is 12.4 Å². The first-order valence-electron chi connectivity index (χ1n) is 6.58. The molecule has 0 aromatic carbocycles. The molecule has 1 heterocycles. The van der Waals surface area contributed by atoms with Crippen molar-refractivity contribution in [3.8, 4) is 0 Å². The molecule has 2 rings (SSSR count). The molecule has 1 aliphatic rings. The molecule has 0 atom stereocenters. The third-order valence-corrected chi connectivity index (χ3v) is 3.53. The molecule has 1 aromatic heterocycles. The fourth-order valence-electron chi connectivity index (χ4n) is 2.36. The standard InChI is InChI=1S/C12H21N5O.ClH/c13-12(5-2-1-3-6-12)10-14-11(18)4-8-17-9-7-15-16-17;/h7,9H,1-6,8,10,13H2,(H,14,18);1H. The fourth-order valence-corrected chi connectivity index (χ4v) is 2.36. The van der Waals surface area contributed by atoms with E-state index < -0.39 is 0 Å². The van der Waals surface area contributed by atoms with E-state index in [-0.39, 0.29) is 23.9 Å². The largest absolute Gasteiger partial charge is 0.354 e. The normalized spacial score (nSPS) is 17.5. The zero-order valence-electron chi connectivity index (χ0n) is 11.0. The lowest BCUT2D eigenvalue weighted by molar-refractivity contribution is -0.121. The van der Waals surface area contributed by atoms with E-state index in [1.165, 1.54) is 19.3 Å². The predicted molar refractivity (Wildman–Crippen MR) is 74.9 cm³/mol. The second kappa shape index (κ2) is 7.45. The summed E-state index contributed by atoms with van der Waals surface area (Å²) < 4.78 is 1.65. The van der Waals surface area contributed by atoms with Gasteiger partial charge >= 0.3 is 0 Å². The highest BCUT2D eigenvalue weighted by molar-refractivity contribution is 5.85. The molecule has 1 amide bonds. The lowest BCUT2D eigenvalue weighted by Gasteiger charge is -2.33. The second-order valence-corrected chi connectivity index (χ2v) is 5.12. The molecule has 0 saturated heterocycles. The van der Waals surface area contributed by atoms with E-state index in [0.29, 0.717) is 19.5 Å². The van der Waals surface area contributed by atoms with Crippen molar-refractivity contribution in [2.75, 3.05) is 6.54 Å². The van der Waals surface area contributed by atoms with Crippen LogP contribution >= 0.6 is 12.4 Å². The van der Waals surface area contributed by atoms with E-state index in [1.807, 2.05) is 0 Å². The minimum Gasteiger partial charge on any atom is -0.354 e. The summed E-state index contributed by atoms with van der Waals surface area (Å²) in [7, 11) is 0. The molecule has 6 nitrogen and oxygen atoms in total. The van der Waals surface area contributed by atoms with Gasteiger partial charge in [0, 0.05) is 24.7 Å². The Morgan fingerprint density at radius 2 is 2.11 bits per heavy atom. The predicted octanol–water partition coefficient (Wildman–Crippen LogP) is 0.868. The highest BCUT2D eigenvalue weighted by Gasteiger charge is 2.27.